The van der Waals surface area contributed by atoms with Gasteiger partial charge in [-0.05, 0) is 54.3 Å². The van der Waals surface area contributed by atoms with Crippen LogP contribution in [0.5, 0.6) is 0 Å². The monoisotopic (exact) mass is 475 g/mol. The minimum absolute atomic E-state index is 0.0827. The van der Waals surface area contributed by atoms with Crippen molar-refractivity contribution < 1.29 is 14.4 Å². The van der Waals surface area contributed by atoms with Crippen molar-refractivity contribution in [3.63, 3.8) is 0 Å². The molecule has 1 saturated heterocycles. The molecule has 4 amide bonds. The highest BCUT2D eigenvalue weighted by atomic mass is 16.2. The van der Waals surface area contributed by atoms with Gasteiger partial charge in [0.25, 0.3) is 11.8 Å². The third kappa shape index (κ3) is 4.03. The normalized spacial score (nSPS) is 15.2. The number of hydrogen-bond acceptors (Lipinski definition) is 4. The van der Waals surface area contributed by atoms with Gasteiger partial charge in [0.1, 0.15) is 5.57 Å². The van der Waals surface area contributed by atoms with Crippen molar-refractivity contribution in [1.82, 2.24) is 0 Å². The zero-order valence-electron chi connectivity index (χ0n) is 20.3. The van der Waals surface area contributed by atoms with Crippen molar-refractivity contribution in [2.75, 3.05) is 28.8 Å². The lowest BCUT2D eigenvalue weighted by molar-refractivity contribution is -0.121. The maximum absolute atomic E-state index is 13.8. The van der Waals surface area contributed by atoms with Crippen molar-refractivity contribution in [2.45, 2.75) is 6.92 Å². The van der Waals surface area contributed by atoms with Gasteiger partial charge in [-0.15, -0.1) is 0 Å². The van der Waals surface area contributed by atoms with Gasteiger partial charge in [-0.3, -0.25) is 9.59 Å². The predicted octanol–water partition coefficient (Wildman–Crippen LogP) is 5.80. The Hall–Kier alpha value is -4.71. The fourth-order valence-corrected chi connectivity index (χ4v) is 4.30. The highest BCUT2D eigenvalue weighted by Crippen LogP contribution is 2.34. The van der Waals surface area contributed by atoms with Gasteiger partial charge in [0.15, 0.2) is 0 Å². The van der Waals surface area contributed by atoms with Gasteiger partial charge in [0, 0.05) is 25.2 Å². The summed E-state index contributed by atoms with van der Waals surface area (Å²) in [5, 5.41) is 1.63. The number of urea groups is 1. The van der Waals surface area contributed by atoms with Gasteiger partial charge in [-0.25, -0.2) is 14.6 Å². The Morgan fingerprint density at radius 1 is 0.694 bits per heavy atom. The zero-order valence-corrected chi connectivity index (χ0v) is 20.3. The molecule has 0 bridgehead atoms. The number of nitrogens with zero attached hydrogens (tertiary/aromatic N) is 3. The number of rotatable bonds is 4. The van der Waals surface area contributed by atoms with E-state index in [0.29, 0.717) is 16.9 Å². The zero-order chi connectivity index (χ0) is 25.4. The lowest BCUT2D eigenvalue weighted by Crippen LogP contribution is -2.57. The fraction of sp³-hybridized carbons (Fsp3) is 0.100. The van der Waals surface area contributed by atoms with Crippen LogP contribution in [0, 0.1) is 6.92 Å². The highest BCUT2D eigenvalue weighted by molar-refractivity contribution is 6.46. The van der Waals surface area contributed by atoms with Crippen LogP contribution >= 0.6 is 0 Å². The molecule has 5 rings (SSSR count). The summed E-state index contributed by atoms with van der Waals surface area (Å²) in [7, 11) is 3.88. The van der Waals surface area contributed by atoms with Crippen molar-refractivity contribution in [2.24, 2.45) is 0 Å². The van der Waals surface area contributed by atoms with Crippen LogP contribution in [0.4, 0.5) is 21.9 Å². The molecule has 1 heterocycles. The van der Waals surface area contributed by atoms with Gasteiger partial charge in [-0.1, -0.05) is 66.2 Å². The Kier molecular flexibility index (Phi) is 5.86. The molecule has 1 fully saturated rings. The number of anilines is 3. The van der Waals surface area contributed by atoms with E-state index in [4.69, 9.17) is 0 Å². The molecule has 0 spiro atoms. The largest absolute Gasteiger partial charge is 0.378 e. The summed E-state index contributed by atoms with van der Waals surface area (Å²) in [5.41, 5.74) is 3.43. The lowest BCUT2D eigenvalue weighted by Gasteiger charge is -2.34. The number of aryl methyl sites for hydroxylation is 1. The standard InChI is InChI=1S/C30H25N3O3/c1-20-11-15-24(16-12-20)32-28(34)26(19-21-13-17-23(18-14-21)31(2)3)29(35)33(30(32)36)27-10-6-8-22-7-4-5-9-25(22)27/h4-19H,1-3H3/b26-19+. The molecule has 0 aromatic heterocycles. The summed E-state index contributed by atoms with van der Waals surface area (Å²) in [5.74, 6) is -1.30. The van der Waals surface area contributed by atoms with Crippen LogP contribution in [0.3, 0.4) is 0 Å². The second kappa shape index (κ2) is 9.15. The SMILES string of the molecule is Cc1ccc(N2C(=O)/C(=C\c3ccc(N(C)C)cc3)C(=O)N(c3cccc4ccccc34)C2=O)cc1. The third-order valence-corrected chi connectivity index (χ3v) is 6.27. The molecule has 0 N–H and O–H groups in total. The first kappa shape index (κ1) is 23.1. The molecule has 4 aromatic rings. The van der Waals surface area contributed by atoms with E-state index in [2.05, 4.69) is 0 Å². The summed E-state index contributed by atoms with van der Waals surface area (Å²) < 4.78 is 0. The van der Waals surface area contributed by atoms with Crippen LogP contribution < -0.4 is 14.7 Å². The number of fused-ring (bicyclic) bond motifs is 1. The van der Waals surface area contributed by atoms with E-state index in [1.807, 2.05) is 92.6 Å². The lowest BCUT2D eigenvalue weighted by atomic mass is 10.0. The van der Waals surface area contributed by atoms with Crippen molar-refractivity contribution in [3.8, 4) is 0 Å². The van der Waals surface area contributed by atoms with Crippen LogP contribution in [0.15, 0.2) is 96.6 Å². The smallest absolute Gasteiger partial charge is 0.343 e. The number of barbiturate groups is 1. The summed E-state index contributed by atoms with van der Waals surface area (Å²) >= 11 is 0. The van der Waals surface area contributed by atoms with E-state index in [-0.39, 0.29) is 5.57 Å². The molecule has 1 aliphatic heterocycles. The van der Waals surface area contributed by atoms with E-state index in [1.54, 1.807) is 30.3 Å². The molecular formula is C30H25N3O3. The summed E-state index contributed by atoms with van der Waals surface area (Å²) in [6.45, 7) is 1.93. The number of benzene rings is 4. The van der Waals surface area contributed by atoms with E-state index >= 15 is 0 Å². The Balaban J connectivity index is 1.68. The molecule has 0 radical (unpaired) electrons. The molecule has 0 aliphatic carbocycles. The number of amides is 4. The second-order valence-corrected chi connectivity index (χ2v) is 8.94. The van der Waals surface area contributed by atoms with Crippen molar-refractivity contribution in [1.29, 1.82) is 0 Å². The number of carbonyl (C=O) groups excluding carboxylic acids is 3. The topological polar surface area (TPSA) is 60.9 Å². The molecule has 4 aromatic carbocycles. The summed E-state index contributed by atoms with van der Waals surface area (Å²) in [6.07, 6.45) is 1.55. The Labute approximate surface area is 209 Å². The van der Waals surface area contributed by atoms with Crippen molar-refractivity contribution in [3.05, 3.63) is 108 Å². The van der Waals surface area contributed by atoms with E-state index in [0.717, 1.165) is 31.8 Å². The first-order valence-electron chi connectivity index (χ1n) is 11.6. The minimum atomic E-state index is -0.703. The molecule has 178 valence electrons. The molecule has 1 aliphatic rings. The van der Waals surface area contributed by atoms with Crippen LogP contribution in [0.2, 0.25) is 0 Å². The molecule has 6 nitrogen and oxygen atoms in total. The van der Waals surface area contributed by atoms with Gasteiger partial charge in [0.2, 0.25) is 0 Å². The first-order valence-corrected chi connectivity index (χ1v) is 11.6. The Bertz CT molecular complexity index is 1510. The van der Waals surface area contributed by atoms with E-state index in [9.17, 15) is 14.4 Å². The molecular weight excluding hydrogens is 450 g/mol. The number of carbonyl (C=O) groups is 3. The Morgan fingerprint density at radius 2 is 1.33 bits per heavy atom. The maximum Gasteiger partial charge on any atom is 0.343 e. The second-order valence-electron chi connectivity index (χ2n) is 8.94. The van der Waals surface area contributed by atoms with Crippen LogP contribution in [0.1, 0.15) is 11.1 Å². The van der Waals surface area contributed by atoms with Crippen LogP contribution in [-0.4, -0.2) is 31.9 Å². The Morgan fingerprint density at radius 3 is 2.03 bits per heavy atom. The number of imide groups is 2. The highest BCUT2D eigenvalue weighted by Gasteiger charge is 2.44. The van der Waals surface area contributed by atoms with Crippen molar-refractivity contribution >= 4 is 51.8 Å². The molecule has 0 atom stereocenters. The van der Waals surface area contributed by atoms with Gasteiger partial charge >= 0.3 is 6.03 Å². The average Bonchev–Trinajstić information content (AvgIpc) is 2.88. The predicted molar refractivity (Wildman–Crippen MR) is 144 cm³/mol. The summed E-state index contributed by atoms with van der Waals surface area (Å²) in [6, 6.07) is 26.9. The van der Waals surface area contributed by atoms with E-state index in [1.165, 1.54) is 0 Å². The quantitative estimate of drug-likeness (QED) is 0.277. The third-order valence-electron chi connectivity index (χ3n) is 6.27. The minimum Gasteiger partial charge on any atom is -0.378 e. The van der Waals surface area contributed by atoms with Gasteiger partial charge in [0.05, 0.1) is 11.4 Å². The fourth-order valence-electron chi connectivity index (χ4n) is 4.30. The average molecular weight is 476 g/mol. The molecule has 0 unspecified atom stereocenters. The van der Waals surface area contributed by atoms with Gasteiger partial charge < -0.3 is 4.90 Å². The molecule has 6 heteroatoms. The molecule has 36 heavy (non-hydrogen) atoms. The number of hydrogen-bond donors (Lipinski definition) is 0. The first-order chi connectivity index (χ1) is 17.3. The van der Waals surface area contributed by atoms with Crippen LogP contribution in [0.25, 0.3) is 16.8 Å². The molecule has 0 saturated carbocycles. The van der Waals surface area contributed by atoms with Gasteiger partial charge in [-0.2, -0.15) is 0 Å². The maximum atomic E-state index is 13.8. The van der Waals surface area contributed by atoms with E-state index < -0.39 is 17.8 Å². The van der Waals surface area contributed by atoms with Crippen LogP contribution in [-0.2, 0) is 9.59 Å². The summed E-state index contributed by atoms with van der Waals surface area (Å²) in [4.78, 5) is 45.3.